The number of ketones is 1. The second kappa shape index (κ2) is 4.35. The molecule has 2 aromatic rings. The van der Waals surface area contributed by atoms with Crippen molar-refractivity contribution in [2.45, 2.75) is 19.1 Å². The van der Waals surface area contributed by atoms with Crippen molar-refractivity contribution in [2.24, 2.45) is 0 Å². The number of carbonyl (C=O) groups excluding carboxylic acids is 1. The highest BCUT2D eigenvalue weighted by molar-refractivity contribution is 7.98. The molecule has 0 aliphatic carbocycles. The third kappa shape index (κ3) is 2.07. The molecule has 1 aliphatic heterocycles. The van der Waals surface area contributed by atoms with Gasteiger partial charge in [-0.1, -0.05) is 0 Å². The Morgan fingerprint density at radius 1 is 1.41 bits per heavy atom. The van der Waals surface area contributed by atoms with Crippen molar-refractivity contribution in [3.05, 3.63) is 45.0 Å². The summed E-state index contributed by atoms with van der Waals surface area (Å²) < 4.78 is 5.38. The zero-order valence-electron chi connectivity index (χ0n) is 9.49. The van der Waals surface area contributed by atoms with E-state index in [1.54, 1.807) is 17.4 Å². The maximum atomic E-state index is 12.2. The standard InChI is InChI=1S/C13H12O2S2/c1-8-2-3-10(15-8)13(14)12-6-9-7-16-5-4-11(9)17-12/h2-3,6H,4-5,7H2,1H3. The lowest BCUT2D eigenvalue weighted by molar-refractivity contribution is 0.101. The number of fused-ring (bicyclic) bond motifs is 1. The Morgan fingerprint density at radius 3 is 3.00 bits per heavy atom. The number of thioether (sulfide) groups is 1. The minimum atomic E-state index is 0.0162. The minimum absolute atomic E-state index is 0.0162. The summed E-state index contributed by atoms with van der Waals surface area (Å²) >= 11 is 3.56. The van der Waals surface area contributed by atoms with Gasteiger partial charge in [-0.25, -0.2) is 0 Å². The Balaban J connectivity index is 1.94. The molecule has 0 bridgehead atoms. The van der Waals surface area contributed by atoms with E-state index in [2.05, 4.69) is 0 Å². The van der Waals surface area contributed by atoms with Gasteiger partial charge in [0.1, 0.15) is 5.76 Å². The highest BCUT2D eigenvalue weighted by Gasteiger charge is 2.20. The van der Waals surface area contributed by atoms with E-state index in [0.29, 0.717) is 5.76 Å². The van der Waals surface area contributed by atoms with Crippen LogP contribution in [0.1, 0.15) is 31.6 Å². The van der Waals surface area contributed by atoms with Gasteiger partial charge in [0, 0.05) is 10.6 Å². The van der Waals surface area contributed by atoms with Gasteiger partial charge >= 0.3 is 0 Å². The van der Waals surface area contributed by atoms with Crippen molar-refractivity contribution in [3.8, 4) is 0 Å². The number of furan rings is 1. The molecule has 3 rings (SSSR count). The molecule has 2 nitrogen and oxygen atoms in total. The minimum Gasteiger partial charge on any atom is -0.458 e. The zero-order chi connectivity index (χ0) is 11.8. The first-order chi connectivity index (χ1) is 8.24. The van der Waals surface area contributed by atoms with Crippen LogP contribution in [0.25, 0.3) is 0 Å². The SMILES string of the molecule is Cc1ccc(C(=O)c2cc3c(s2)CCSC3)o1. The molecule has 0 N–H and O–H groups in total. The monoisotopic (exact) mass is 264 g/mol. The number of aryl methyl sites for hydroxylation is 2. The molecule has 88 valence electrons. The highest BCUT2D eigenvalue weighted by atomic mass is 32.2. The van der Waals surface area contributed by atoms with Crippen molar-refractivity contribution in [1.29, 1.82) is 0 Å². The van der Waals surface area contributed by atoms with Gasteiger partial charge in [-0.05, 0) is 42.9 Å². The van der Waals surface area contributed by atoms with E-state index in [9.17, 15) is 4.79 Å². The van der Waals surface area contributed by atoms with Crippen molar-refractivity contribution < 1.29 is 9.21 Å². The fourth-order valence-electron chi connectivity index (χ4n) is 1.94. The van der Waals surface area contributed by atoms with Gasteiger partial charge in [-0.2, -0.15) is 11.8 Å². The Hall–Kier alpha value is -1.00. The van der Waals surface area contributed by atoms with Crippen molar-refractivity contribution in [3.63, 3.8) is 0 Å². The van der Waals surface area contributed by atoms with E-state index in [4.69, 9.17) is 4.42 Å². The summed E-state index contributed by atoms with van der Waals surface area (Å²) in [4.78, 5) is 14.4. The van der Waals surface area contributed by atoms with Crippen LogP contribution in [-0.4, -0.2) is 11.5 Å². The summed E-state index contributed by atoms with van der Waals surface area (Å²) in [5.41, 5.74) is 1.33. The molecule has 17 heavy (non-hydrogen) atoms. The molecule has 0 saturated heterocycles. The smallest absolute Gasteiger partial charge is 0.238 e. The van der Waals surface area contributed by atoms with Crippen LogP contribution in [0.3, 0.4) is 0 Å². The average Bonchev–Trinajstić information content (AvgIpc) is 2.93. The number of hydrogen-bond acceptors (Lipinski definition) is 4. The second-order valence-corrected chi connectivity index (χ2v) is 6.34. The van der Waals surface area contributed by atoms with Crippen LogP contribution in [0.2, 0.25) is 0 Å². The summed E-state index contributed by atoms with van der Waals surface area (Å²) in [7, 11) is 0. The summed E-state index contributed by atoms with van der Waals surface area (Å²) in [6.45, 7) is 1.85. The zero-order valence-corrected chi connectivity index (χ0v) is 11.1. The van der Waals surface area contributed by atoms with Crippen LogP contribution in [-0.2, 0) is 12.2 Å². The summed E-state index contributed by atoms with van der Waals surface area (Å²) in [5, 5.41) is 0. The number of rotatable bonds is 2. The molecule has 0 unspecified atom stereocenters. The highest BCUT2D eigenvalue weighted by Crippen LogP contribution is 2.32. The van der Waals surface area contributed by atoms with E-state index >= 15 is 0 Å². The lowest BCUT2D eigenvalue weighted by Crippen LogP contribution is -1.96. The summed E-state index contributed by atoms with van der Waals surface area (Å²) in [6.07, 6.45) is 1.09. The van der Waals surface area contributed by atoms with Crippen LogP contribution in [0.4, 0.5) is 0 Å². The lowest BCUT2D eigenvalue weighted by atomic mass is 10.2. The number of carbonyl (C=O) groups is 1. The topological polar surface area (TPSA) is 30.2 Å². The van der Waals surface area contributed by atoms with Gasteiger partial charge < -0.3 is 4.42 Å². The van der Waals surface area contributed by atoms with Crippen LogP contribution in [0.15, 0.2) is 22.6 Å². The van der Waals surface area contributed by atoms with Crippen molar-refractivity contribution in [1.82, 2.24) is 0 Å². The third-order valence-electron chi connectivity index (χ3n) is 2.82. The molecule has 3 heterocycles. The van der Waals surface area contributed by atoms with Gasteiger partial charge in [-0.15, -0.1) is 11.3 Å². The van der Waals surface area contributed by atoms with Gasteiger partial charge in [0.15, 0.2) is 5.76 Å². The predicted molar refractivity (Wildman–Crippen MR) is 71.1 cm³/mol. The summed E-state index contributed by atoms with van der Waals surface area (Å²) in [6, 6.07) is 5.62. The van der Waals surface area contributed by atoms with E-state index in [-0.39, 0.29) is 5.78 Å². The quantitative estimate of drug-likeness (QED) is 0.775. The third-order valence-corrected chi connectivity index (χ3v) is 5.06. The lowest BCUT2D eigenvalue weighted by Gasteiger charge is -2.08. The molecular weight excluding hydrogens is 252 g/mol. The second-order valence-electron chi connectivity index (χ2n) is 4.10. The van der Waals surface area contributed by atoms with Gasteiger partial charge in [0.2, 0.25) is 5.78 Å². The van der Waals surface area contributed by atoms with E-state index in [1.807, 2.05) is 30.8 Å². The average molecular weight is 264 g/mol. The van der Waals surface area contributed by atoms with E-state index < -0.39 is 0 Å². The Morgan fingerprint density at radius 2 is 2.29 bits per heavy atom. The van der Waals surface area contributed by atoms with Crippen molar-refractivity contribution in [2.75, 3.05) is 5.75 Å². The molecule has 0 aromatic carbocycles. The van der Waals surface area contributed by atoms with Gasteiger partial charge in [-0.3, -0.25) is 4.79 Å². The number of thiophene rings is 1. The van der Waals surface area contributed by atoms with E-state index in [1.165, 1.54) is 16.2 Å². The number of hydrogen-bond donors (Lipinski definition) is 0. The Labute approximate surface area is 108 Å². The van der Waals surface area contributed by atoms with Crippen LogP contribution in [0, 0.1) is 6.92 Å². The van der Waals surface area contributed by atoms with Crippen molar-refractivity contribution >= 4 is 28.9 Å². The predicted octanol–water partition coefficient (Wildman–Crippen LogP) is 3.67. The molecule has 2 aromatic heterocycles. The Kier molecular flexibility index (Phi) is 2.84. The molecule has 0 atom stereocenters. The van der Waals surface area contributed by atoms with Gasteiger partial charge in [0.05, 0.1) is 4.88 Å². The first-order valence-electron chi connectivity index (χ1n) is 5.54. The van der Waals surface area contributed by atoms with E-state index in [0.717, 1.165) is 22.8 Å². The molecule has 0 radical (unpaired) electrons. The van der Waals surface area contributed by atoms with Crippen LogP contribution in [0.5, 0.6) is 0 Å². The van der Waals surface area contributed by atoms with Gasteiger partial charge in [0.25, 0.3) is 0 Å². The first-order valence-corrected chi connectivity index (χ1v) is 7.51. The molecule has 0 fully saturated rings. The molecule has 1 aliphatic rings. The maximum Gasteiger partial charge on any atom is 0.238 e. The molecular formula is C13H12O2S2. The summed E-state index contributed by atoms with van der Waals surface area (Å²) in [5.74, 6) is 3.46. The maximum absolute atomic E-state index is 12.2. The Bertz CT molecular complexity index is 542. The molecule has 0 spiro atoms. The van der Waals surface area contributed by atoms with Crippen LogP contribution < -0.4 is 0 Å². The molecule has 0 saturated carbocycles. The molecule has 0 amide bonds. The fourth-order valence-corrected chi connectivity index (χ4v) is 4.25. The van der Waals surface area contributed by atoms with Crippen LogP contribution >= 0.6 is 23.1 Å². The normalized spacial score (nSPS) is 14.6. The molecule has 4 heteroatoms. The largest absolute Gasteiger partial charge is 0.458 e. The first kappa shape index (κ1) is 11.1. The fraction of sp³-hybridized carbons (Fsp3) is 0.308.